The van der Waals surface area contributed by atoms with E-state index in [4.69, 9.17) is 0 Å². The number of hydrogen-bond donors (Lipinski definition) is 0. The van der Waals surface area contributed by atoms with Gasteiger partial charge < -0.3 is 4.90 Å². The Hall–Kier alpha value is -2.65. The Morgan fingerprint density at radius 2 is 1.50 bits per heavy atom. The highest BCUT2D eigenvalue weighted by Gasteiger charge is 2.30. The summed E-state index contributed by atoms with van der Waals surface area (Å²) in [5, 5.41) is 0.672. The van der Waals surface area contributed by atoms with Gasteiger partial charge in [-0.1, -0.05) is 30.3 Å². The fourth-order valence-corrected chi connectivity index (χ4v) is 4.74. The summed E-state index contributed by atoms with van der Waals surface area (Å²) in [6.07, 6.45) is -2.77. The number of anilines is 1. The van der Waals surface area contributed by atoms with Crippen LogP contribution in [-0.2, 0) is 10.0 Å². The van der Waals surface area contributed by atoms with Crippen molar-refractivity contribution in [3.05, 3.63) is 60.4 Å². The summed E-state index contributed by atoms with van der Waals surface area (Å²) >= 11 is 0. The molecule has 9 heteroatoms. The highest BCUT2D eigenvalue weighted by Crippen LogP contribution is 2.28. The molecule has 146 valence electrons. The number of piperazine rings is 1. The fourth-order valence-electron chi connectivity index (χ4n) is 3.30. The molecule has 1 saturated heterocycles. The lowest BCUT2D eigenvalue weighted by Gasteiger charge is -2.35. The third-order valence-corrected chi connectivity index (χ3v) is 6.63. The predicted octanol–water partition coefficient (Wildman–Crippen LogP) is 3.08. The molecule has 0 aliphatic carbocycles. The zero-order chi connectivity index (χ0) is 19.7. The first-order chi connectivity index (χ1) is 13.5. The summed E-state index contributed by atoms with van der Waals surface area (Å²) in [5.74, 6) is -0.106. The minimum atomic E-state index is -3.58. The smallest absolute Gasteiger partial charge is 0.297 e. The number of rotatable bonds is 4. The first-order valence-corrected chi connectivity index (χ1v) is 10.3. The number of benzene rings is 2. The number of halogens is 2. The average molecular weight is 404 g/mol. The Kier molecular flexibility index (Phi) is 4.94. The number of sulfonamides is 1. The normalized spacial score (nSPS) is 16.0. The van der Waals surface area contributed by atoms with Gasteiger partial charge in [0.2, 0.25) is 10.0 Å². The Bertz CT molecular complexity index is 1090. The topological polar surface area (TPSA) is 66.4 Å². The Morgan fingerprint density at radius 1 is 0.857 bits per heavy atom. The van der Waals surface area contributed by atoms with Crippen LogP contribution in [0.15, 0.2) is 59.5 Å². The quantitative estimate of drug-likeness (QED) is 0.669. The van der Waals surface area contributed by atoms with Crippen LogP contribution in [0.2, 0.25) is 0 Å². The van der Waals surface area contributed by atoms with E-state index in [1.807, 2.05) is 4.90 Å². The van der Waals surface area contributed by atoms with Crippen LogP contribution in [-0.4, -0.2) is 48.9 Å². The third kappa shape index (κ3) is 3.43. The van der Waals surface area contributed by atoms with Crippen LogP contribution in [0, 0.1) is 0 Å². The molecule has 28 heavy (non-hydrogen) atoms. The molecule has 0 radical (unpaired) electrons. The summed E-state index contributed by atoms with van der Waals surface area (Å²) < 4.78 is 53.4. The van der Waals surface area contributed by atoms with Gasteiger partial charge in [0.05, 0.1) is 10.4 Å². The standard InChI is InChI=1S/C19H18F2N4O2S/c20-17(21)18-22-16-9-5-4-8-15(16)19(23-18)24-10-12-25(13-11-24)28(26,27)14-6-2-1-3-7-14/h1-9,17H,10-13H2. The monoisotopic (exact) mass is 404 g/mol. The van der Waals surface area contributed by atoms with Crippen LogP contribution in [0.1, 0.15) is 12.2 Å². The number of fused-ring (bicyclic) bond motifs is 1. The van der Waals surface area contributed by atoms with Gasteiger partial charge in [0.1, 0.15) is 5.82 Å². The van der Waals surface area contributed by atoms with Crippen molar-refractivity contribution in [3.8, 4) is 0 Å². The number of nitrogens with zero attached hydrogens (tertiary/aromatic N) is 4. The van der Waals surface area contributed by atoms with Gasteiger partial charge in [-0.2, -0.15) is 4.31 Å². The largest absolute Gasteiger partial charge is 0.353 e. The molecule has 1 aromatic heterocycles. The van der Waals surface area contributed by atoms with E-state index >= 15 is 0 Å². The van der Waals surface area contributed by atoms with E-state index < -0.39 is 22.3 Å². The van der Waals surface area contributed by atoms with E-state index in [0.717, 1.165) is 0 Å². The van der Waals surface area contributed by atoms with Gasteiger partial charge in [0, 0.05) is 31.6 Å². The zero-order valence-electron chi connectivity index (χ0n) is 14.9. The Morgan fingerprint density at radius 3 is 2.18 bits per heavy atom. The van der Waals surface area contributed by atoms with Crippen molar-refractivity contribution in [2.45, 2.75) is 11.3 Å². The fraction of sp³-hybridized carbons (Fsp3) is 0.263. The summed E-state index contributed by atoms with van der Waals surface area (Å²) in [6.45, 7) is 1.21. The second-order valence-corrected chi connectivity index (χ2v) is 8.37. The summed E-state index contributed by atoms with van der Waals surface area (Å²) in [4.78, 5) is 10.1. The van der Waals surface area contributed by atoms with E-state index in [9.17, 15) is 17.2 Å². The van der Waals surface area contributed by atoms with Crippen molar-refractivity contribution >= 4 is 26.7 Å². The molecule has 1 aliphatic rings. The van der Waals surface area contributed by atoms with Gasteiger partial charge in [-0.05, 0) is 24.3 Å². The van der Waals surface area contributed by atoms with Gasteiger partial charge in [0.15, 0.2) is 5.82 Å². The molecule has 0 unspecified atom stereocenters. The lowest BCUT2D eigenvalue weighted by molar-refractivity contribution is 0.141. The number of para-hydroxylation sites is 1. The van der Waals surface area contributed by atoms with Crippen LogP contribution in [0.3, 0.4) is 0 Å². The highest BCUT2D eigenvalue weighted by molar-refractivity contribution is 7.89. The predicted molar refractivity (Wildman–Crippen MR) is 102 cm³/mol. The van der Waals surface area contributed by atoms with Gasteiger partial charge >= 0.3 is 0 Å². The SMILES string of the molecule is O=S(=O)(c1ccccc1)N1CCN(c2nc(C(F)F)nc3ccccc23)CC1. The second-order valence-electron chi connectivity index (χ2n) is 6.43. The number of aromatic nitrogens is 2. The van der Waals surface area contributed by atoms with Crippen molar-refractivity contribution < 1.29 is 17.2 Å². The van der Waals surface area contributed by atoms with Crippen LogP contribution < -0.4 is 4.90 Å². The zero-order valence-corrected chi connectivity index (χ0v) is 15.7. The molecule has 0 amide bonds. The summed E-state index contributed by atoms with van der Waals surface area (Å²) in [5.41, 5.74) is 0.446. The first-order valence-electron chi connectivity index (χ1n) is 8.82. The number of hydrogen-bond acceptors (Lipinski definition) is 5. The van der Waals surface area contributed by atoms with Gasteiger partial charge in [-0.15, -0.1) is 0 Å². The number of alkyl halides is 2. The average Bonchev–Trinajstić information content (AvgIpc) is 2.73. The molecule has 4 rings (SSSR count). The first kappa shape index (κ1) is 18.7. The van der Waals surface area contributed by atoms with E-state index in [0.29, 0.717) is 29.8 Å². The molecule has 2 heterocycles. The van der Waals surface area contributed by atoms with Crippen LogP contribution in [0.25, 0.3) is 10.9 Å². The minimum Gasteiger partial charge on any atom is -0.353 e. The molecule has 2 aromatic carbocycles. The van der Waals surface area contributed by atoms with Crippen LogP contribution in [0.4, 0.5) is 14.6 Å². The van der Waals surface area contributed by atoms with Crippen LogP contribution >= 0.6 is 0 Å². The van der Waals surface area contributed by atoms with Gasteiger partial charge in [-0.25, -0.2) is 27.2 Å². The van der Waals surface area contributed by atoms with Gasteiger partial charge in [0.25, 0.3) is 6.43 Å². The second kappa shape index (κ2) is 7.40. The molecule has 0 atom stereocenters. The van der Waals surface area contributed by atoms with Crippen molar-refractivity contribution in [2.24, 2.45) is 0 Å². The van der Waals surface area contributed by atoms with Crippen molar-refractivity contribution in [2.75, 3.05) is 31.1 Å². The van der Waals surface area contributed by atoms with Gasteiger partial charge in [-0.3, -0.25) is 0 Å². The molecule has 0 saturated carbocycles. The maximum Gasteiger partial charge on any atom is 0.297 e. The molecular formula is C19H18F2N4O2S. The molecule has 3 aromatic rings. The van der Waals surface area contributed by atoms with E-state index in [1.165, 1.54) is 4.31 Å². The molecule has 0 N–H and O–H groups in total. The molecule has 0 spiro atoms. The van der Waals surface area contributed by atoms with Crippen molar-refractivity contribution in [1.29, 1.82) is 0 Å². The lowest BCUT2D eigenvalue weighted by Crippen LogP contribution is -2.49. The lowest BCUT2D eigenvalue weighted by atomic mass is 10.2. The third-order valence-electron chi connectivity index (χ3n) is 4.71. The molecule has 6 nitrogen and oxygen atoms in total. The molecular weight excluding hydrogens is 386 g/mol. The molecule has 1 fully saturated rings. The van der Waals surface area contributed by atoms with Crippen molar-refractivity contribution in [3.63, 3.8) is 0 Å². The van der Waals surface area contributed by atoms with Crippen LogP contribution in [0.5, 0.6) is 0 Å². The molecule has 0 bridgehead atoms. The molecule has 1 aliphatic heterocycles. The minimum absolute atomic E-state index is 0.246. The maximum atomic E-state index is 13.2. The maximum absolute atomic E-state index is 13.2. The van der Waals surface area contributed by atoms with Crippen molar-refractivity contribution in [1.82, 2.24) is 14.3 Å². The Balaban J connectivity index is 1.61. The summed E-state index contributed by atoms with van der Waals surface area (Å²) in [6, 6.07) is 15.2. The van der Waals surface area contributed by atoms with E-state index in [-0.39, 0.29) is 18.0 Å². The van der Waals surface area contributed by atoms with E-state index in [1.54, 1.807) is 54.6 Å². The van der Waals surface area contributed by atoms with E-state index in [2.05, 4.69) is 9.97 Å². The summed E-state index contributed by atoms with van der Waals surface area (Å²) in [7, 11) is -3.58. The Labute approximate surface area is 161 Å². The highest BCUT2D eigenvalue weighted by atomic mass is 32.2.